The van der Waals surface area contributed by atoms with Crippen LogP contribution in [-0.2, 0) is 38.3 Å². The molecule has 2 amide bonds. The standard InChI is InChI=1S/C16H19F3N4O4/c17-16(18,19)15-20-7-10-8-22(3-4-23(10)15)14(25)13(24)21-2-1-11-12(9-21)27-6-5-26-11/h7,11-12H,1-6,8-9H2/t11-,12-/m0/s1. The molecule has 0 saturated carbocycles. The van der Waals surface area contributed by atoms with Crippen molar-refractivity contribution in [3.8, 4) is 0 Å². The highest BCUT2D eigenvalue weighted by atomic mass is 19.4. The van der Waals surface area contributed by atoms with E-state index in [-0.39, 0.29) is 44.1 Å². The van der Waals surface area contributed by atoms with Crippen LogP contribution in [0.4, 0.5) is 13.2 Å². The highest BCUT2D eigenvalue weighted by Gasteiger charge is 2.41. The van der Waals surface area contributed by atoms with Crippen LogP contribution < -0.4 is 0 Å². The van der Waals surface area contributed by atoms with Gasteiger partial charge in [0, 0.05) is 26.2 Å². The first kappa shape index (κ1) is 18.2. The molecular weight excluding hydrogens is 369 g/mol. The zero-order valence-electron chi connectivity index (χ0n) is 14.4. The minimum absolute atomic E-state index is 0.0243. The number of carbonyl (C=O) groups is 2. The Kier molecular flexibility index (Phi) is 4.58. The van der Waals surface area contributed by atoms with Gasteiger partial charge in [-0.15, -0.1) is 0 Å². The average Bonchev–Trinajstić information content (AvgIpc) is 3.10. The second-order valence-corrected chi connectivity index (χ2v) is 6.81. The predicted octanol–water partition coefficient (Wildman–Crippen LogP) is 0.260. The van der Waals surface area contributed by atoms with Gasteiger partial charge in [-0.3, -0.25) is 9.59 Å². The molecule has 2 fully saturated rings. The molecule has 0 spiro atoms. The molecule has 0 bridgehead atoms. The van der Waals surface area contributed by atoms with Crippen LogP contribution in [0.1, 0.15) is 17.9 Å². The zero-order valence-corrected chi connectivity index (χ0v) is 14.4. The molecule has 2 saturated heterocycles. The predicted molar refractivity (Wildman–Crippen MR) is 83.3 cm³/mol. The summed E-state index contributed by atoms with van der Waals surface area (Å²) >= 11 is 0. The SMILES string of the molecule is O=C(C(=O)N1CC[C@@H]2OCCO[C@H]2C1)N1CCn2c(cnc2C(F)(F)F)C1. The third-order valence-corrected chi connectivity index (χ3v) is 5.14. The van der Waals surface area contributed by atoms with E-state index in [1.165, 1.54) is 9.80 Å². The molecule has 0 N–H and O–H groups in total. The van der Waals surface area contributed by atoms with Gasteiger partial charge in [0.05, 0.1) is 37.8 Å². The molecule has 0 unspecified atom stereocenters. The first-order valence-electron chi connectivity index (χ1n) is 8.77. The van der Waals surface area contributed by atoms with Gasteiger partial charge in [-0.1, -0.05) is 0 Å². The second kappa shape index (κ2) is 6.79. The minimum Gasteiger partial charge on any atom is -0.373 e. The summed E-state index contributed by atoms with van der Waals surface area (Å²) in [6, 6.07) is 0. The lowest BCUT2D eigenvalue weighted by Gasteiger charge is -2.41. The van der Waals surface area contributed by atoms with Crippen molar-refractivity contribution in [2.24, 2.45) is 0 Å². The van der Waals surface area contributed by atoms with Crippen molar-refractivity contribution >= 4 is 11.8 Å². The van der Waals surface area contributed by atoms with Gasteiger partial charge in [0.2, 0.25) is 5.82 Å². The molecule has 4 rings (SSSR count). The van der Waals surface area contributed by atoms with E-state index in [1.807, 2.05) is 0 Å². The monoisotopic (exact) mass is 388 g/mol. The molecule has 1 aromatic heterocycles. The topological polar surface area (TPSA) is 76.9 Å². The number of piperidine rings is 1. The van der Waals surface area contributed by atoms with Gasteiger partial charge in [-0.25, -0.2) is 4.98 Å². The third-order valence-electron chi connectivity index (χ3n) is 5.14. The number of ether oxygens (including phenoxy) is 2. The lowest BCUT2D eigenvalue weighted by atomic mass is 10.0. The smallest absolute Gasteiger partial charge is 0.373 e. The molecule has 11 heteroatoms. The fourth-order valence-corrected chi connectivity index (χ4v) is 3.78. The summed E-state index contributed by atoms with van der Waals surface area (Å²) in [5.74, 6) is -2.36. The molecule has 3 aliphatic heterocycles. The normalized spacial score (nSPS) is 25.7. The number of amides is 2. The van der Waals surface area contributed by atoms with Crippen LogP contribution in [-0.4, -0.2) is 76.2 Å². The summed E-state index contributed by atoms with van der Waals surface area (Å²) in [7, 11) is 0. The molecule has 0 aliphatic carbocycles. The van der Waals surface area contributed by atoms with Crippen molar-refractivity contribution in [3.05, 3.63) is 17.7 Å². The Labute approximate surface area is 152 Å². The Hall–Kier alpha value is -2.14. The van der Waals surface area contributed by atoms with E-state index in [1.54, 1.807) is 0 Å². The van der Waals surface area contributed by atoms with Crippen LogP contribution in [0.5, 0.6) is 0 Å². The Morgan fingerprint density at radius 1 is 1.04 bits per heavy atom. The van der Waals surface area contributed by atoms with Crippen LogP contribution in [0.3, 0.4) is 0 Å². The number of rotatable bonds is 0. The maximum atomic E-state index is 12.9. The molecular formula is C16H19F3N4O4. The van der Waals surface area contributed by atoms with E-state index in [9.17, 15) is 22.8 Å². The van der Waals surface area contributed by atoms with E-state index in [0.29, 0.717) is 26.2 Å². The third kappa shape index (κ3) is 3.41. The van der Waals surface area contributed by atoms with Crippen LogP contribution in [0, 0.1) is 0 Å². The van der Waals surface area contributed by atoms with E-state index in [4.69, 9.17) is 9.47 Å². The minimum atomic E-state index is -4.55. The summed E-state index contributed by atoms with van der Waals surface area (Å²) in [5.41, 5.74) is 0.262. The summed E-state index contributed by atoms with van der Waals surface area (Å²) in [6.07, 6.45) is -3.17. The van der Waals surface area contributed by atoms with Crippen molar-refractivity contribution in [1.29, 1.82) is 0 Å². The molecule has 27 heavy (non-hydrogen) atoms. The van der Waals surface area contributed by atoms with Crippen molar-refractivity contribution < 1.29 is 32.2 Å². The lowest BCUT2D eigenvalue weighted by Crippen LogP contribution is -2.56. The molecule has 0 radical (unpaired) electrons. The Bertz CT molecular complexity index is 751. The molecule has 148 valence electrons. The largest absolute Gasteiger partial charge is 0.449 e. The van der Waals surface area contributed by atoms with Gasteiger partial charge in [0.25, 0.3) is 0 Å². The lowest BCUT2D eigenvalue weighted by molar-refractivity contribution is -0.175. The van der Waals surface area contributed by atoms with Gasteiger partial charge in [-0.2, -0.15) is 13.2 Å². The quantitative estimate of drug-likeness (QED) is 0.596. The number of imidazole rings is 1. The highest BCUT2D eigenvalue weighted by molar-refractivity contribution is 6.34. The number of likely N-dealkylation sites (tertiary alicyclic amines) is 1. The molecule has 1 aromatic rings. The fourth-order valence-electron chi connectivity index (χ4n) is 3.78. The highest BCUT2D eigenvalue weighted by Crippen LogP contribution is 2.30. The number of hydrogen-bond acceptors (Lipinski definition) is 5. The molecule has 3 aliphatic rings. The molecule has 4 heterocycles. The Morgan fingerprint density at radius 3 is 2.48 bits per heavy atom. The Morgan fingerprint density at radius 2 is 1.74 bits per heavy atom. The van der Waals surface area contributed by atoms with Crippen molar-refractivity contribution in [2.75, 3.05) is 32.8 Å². The molecule has 8 nitrogen and oxygen atoms in total. The summed E-state index contributed by atoms with van der Waals surface area (Å²) in [4.78, 5) is 31.3. The van der Waals surface area contributed by atoms with Crippen molar-refractivity contribution in [3.63, 3.8) is 0 Å². The number of halogens is 3. The van der Waals surface area contributed by atoms with E-state index < -0.39 is 23.8 Å². The number of fused-ring (bicyclic) bond motifs is 2. The number of alkyl halides is 3. The number of aromatic nitrogens is 2. The molecule has 2 atom stereocenters. The van der Waals surface area contributed by atoms with E-state index in [0.717, 1.165) is 10.8 Å². The fraction of sp³-hybridized carbons (Fsp3) is 0.688. The zero-order chi connectivity index (χ0) is 19.2. The van der Waals surface area contributed by atoms with Crippen LogP contribution in [0.15, 0.2) is 6.20 Å². The van der Waals surface area contributed by atoms with Crippen LogP contribution >= 0.6 is 0 Å². The summed E-state index contributed by atoms with van der Waals surface area (Å²) < 4.78 is 51.0. The average molecular weight is 388 g/mol. The maximum absolute atomic E-state index is 12.9. The van der Waals surface area contributed by atoms with Crippen molar-refractivity contribution in [2.45, 2.75) is 37.9 Å². The number of hydrogen-bond donors (Lipinski definition) is 0. The first-order valence-corrected chi connectivity index (χ1v) is 8.77. The van der Waals surface area contributed by atoms with Crippen LogP contribution in [0.2, 0.25) is 0 Å². The number of carbonyl (C=O) groups excluding carboxylic acids is 2. The van der Waals surface area contributed by atoms with Gasteiger partial charge >= 0.3 is 18.0 Å². The van der Waals surface area contributed by atoms with E-state index >= 15 is 0 Å². The van der Waals surface area contributed by atoms with Gasteiger partial charge < -0.3 is 23.8 Å². The second-order valence-electron chi connectivity index (χ2n) is 6.81. The Balaban J connectivity index is 1.41. The van der Waals surface area contributed by atoms with Gasteiger partial charge in [0.1, 0.15) is 6.10 Å². The first-order chi connectivity index (χ1) is 12.8. The van der Waals surface area contributed by atoms with Gasteiger partial charge in [-0.05, 0) is 6.42 Å². The number of nitrogens with zero attached hydrogens (tertiary/aromatic N) is 4. The maximum Gasteiger partial charge on any atom is 0.449 e. The van der Waals surface area contributed by atoms with Crippen LogP contribution in [0.25, 0.3) is 0 Å². The summed E-state index contributed by atoms with van der Waals surface area (Å²) in [6.45, 7) is 1.54. The summed E-state index contributed by atoms with van der Waals surface area (Å²) in [5, 5.41) is 0. The van der Waals surface area contributed by atoms with Crippen molar-refractivity contribution in [1.82, 2.24) is 19.4 Å². The van der Waals surface area contributed by atoms with Gasteiger partial charge in [0.15, 0.2) is 0 Å². The molecule has 0 aromatic carbocycles. The van der Waals surface area contributed by atoms with E-state index in [2.05, 4.69) is 4.98 Å².